The monoisotopic (exact) mass is 306 g/mol. The molecule has 2 aliphatic heterocycles. The summed E-state index contributed by atoms with van der Waals surface area (Å²) < 4.78 is 31.8. The standard InChI is InChI=1S/C11H22N4O4S/c1-12(2)20(17,18)15-5-3-13(4-6-15)11(16)14-7-9-19-10-8-14/h3-10H2,1-2H3. The largest absolute Gasteiger partial charge is 0.378 e. The summed E-state index contributed by atoms with van der Waals surface area (Å²) in [5.41, 5.74) is 0. The van der Waals surface area contributed by atoms with Gasteiger partial charge in [0.15, 0.2) is 0 Å². The van der Waals surface area contributed by atoms with Gasteiger partial charge in [0.1, 0.15) is 0 Å². The molecule has 9 heteroatoms. The Bertz CT molecular complexity index is 439. The summed E-state index contributed by atoms with van der Waals surface area (Å²) >= 11 is 0. The summed E-state index contributed by atoms with van der Waals surface area (Å²) in [5, 5.41) is 0. The SMILES string of the molecule is CN(C)S(=O)(=O)N1CCN(C(=O)N2CCOCC2)CC1. The van der Waals surface area contributed by atoms with E-state index in [-0.39, 0.29) is 6.03 Å². The van der Waals surface area contributed by atoms with Crippen LogP contribution in [0.4, 0.5) is 4.79 Å². The molecule has 116 valence electrons. The van der Waals surface area contributed by atoms with Crippen molar-refractivity contribution >= 4 is 16.2 Å². The molecule has 0 radical (unpaired) electrons. The minimum atomic E-state index is -3.38. The average Bonchev–Trinajstić information content (AvgIpc) is 2.47. The van der Waals surface area contributed by atoms with Crippen LogP contribution in [0.5, 0.6) is 0 Å². The van der Waals surface area contributed by atoms with Crippen LogP contribution in [-0.2, 0) is 14.9 Å². The molecule has 2 fully saturated rings. The van der Waals surface area contributed by atoms with Crippen LogP contribution in [0.25, 0.3) is 0 Å². The summed E-state index contributed by atoms with van der Waals surface area (Å²) in [6.45, 7) is 3.91. The zero-order valence-corrected chi connectivity index (χ0v) is 12.8. The first kappa shape index (κ1) is 15.5. The molecular formula is C11H22N4O4S. The molecule has 2 rings (SSSR count). The van der Waals surface area contributed by atoms with Crippen molar-refractivity contribution in [1.29, 1.82) is 0 Å². The number of amides is 2. The molecule has 20 heavy (non-hydrogen) atoms. The van der Waals surface area contributed by atoms with Gasteiger partial charge in [0.05, 0.1) is 13.2 Å². The van der Waals surface area contributed by atoms with E-state index in [1.165, 1.54) is 22.7 Å². The van der Waals surface area contributed by atoms with Gasteiger partial charge in [-0.05, 0) is 0 Å². The Morgan fingerprint density at radius 1 is 0.950 bits per heavy atom. The van der Waals surface area contributed by atoms with E-state index in [1.807, 2.05) is 0 Å². The van der Waals surface area contributed by atoms with Crippen molar-refractivity contribution in [3.8, 4) is 0 Å². The maximum atomic E-state index is 12.3. The van der Waals surface area contributed by atoms with Gasteiger partial charge in [-0.25, -0.2) is 4.79 Å². The fraction of sp³-hybridized carbons (Fsp3) is 0.909. The van der Waals surface area contributed by atoms with Gasteiger partial charge in [-0.3, -0.25) is 0 Å². The summed E-state index contributed by atoms with van der Waals surface area (Å²) in [7, 11) is -0.350. The number of urea groups is 1. The van der Waals surface area contributed by atoms with E-state index in [1.54, 1.807) is 9.80 Å². The summed E-state index contributed by atoms with van der Waals surface area (Å²) in [6, 6.07) is -0.0183. The highest BCUT2D eigenvalue weighted by molar-refractivity contribution is 7.86. The van der Waals surface area contributed by atoms with E-state index in [0.717, 1.165) is 0 Å². The quantitative estimate of drug-likeness (QED) is 0.647. The molecule has 0 N–H and O–H groups in total. The van der Waals surface area contributed by atoms with E-state index < -0.39 is 10.2 Å². The molecule has 0 unspecified atom stereocenters. The van der Waals surface area contributed by atoms with Crippen LogP contribution in [-0.4, -0.2) is 99.4 Å². The van der Waals surface area contributed by atoms with Crippen LogP contribution in [0.1, 0.15) is 0 Å². The molecule has 2 saturated heterocycles. The van der Waals surface area contributed by atoms with Gasteiger partial charge in [-0.2, -0.15) is 17.0 Å². The highest BCUT2D eigenvalue weighted by atomic mass is 32.2. The lowest BCUT2D eigenvalue weighted by Gasteiger charge is -2.38. The Kier molecular flexibility index (Phi) is 4.84. The summed E-state index contributed by atoms with van der Waals surface area (Å²) in [6.07, 6.45) is 0. The Hall–Kier alpha value is -0.900. The van der Waals surface area contributed by atoms with Crippen LogP contribution in [0.2, 0.25) is 0 Å². The zero-order valence-electron chi connectivity index (χ0n) is 12.0. The summed E-state index contributed by atoms with van der Waals surface area (Å²) in [4.78, 5) is 15.7. The molecule has 0 bridgehead atoms. The van der Waals surface area contributed by atoms with Crippen LogP contribution >= 0.6 is 0 Å². The highest BCUT2D eigenvalue weighted by Crippen LogP contribution is 2.12. The van der Waals surface area contributed by atoms with Crippen molar-refractivity contribution in [2.45, 2.75) is 0 Å². The van der Waals surface area contributed by atoms with Gasteiger partial charge in [0.2, 0.25) is 0 Å². The van der Waals surface area contributed by atoms with Gasteiger partial charge in [-0.1, -0.05) is 0 Å². The van der Waals surface area contributed by atoms with Crippen molar-refractivity contribution in [3.05, 3.63) is 0 Å². The van der Waals surface area contributed by atoms with Gasteiger partial charge in [-0.15, -0.1) is 0 Å². The van der Waals surface area contributed by atoms with Crippen molar-refractivity contribution in [2.24, 2.45) is 0 Å². The van der Waals surface area contributed by atoms with Gasteiger partial charge in [0.25, 0.3) is 10.2 Å². The normalized spacial score (nSPS) is 22.4. The lowest BCUT2D eigenvalue weighted by Crippen LogP contribution is -2.56. The molecule has 0 aliphatic carbocycles. The fourth-order valence-electron chi connectivity index (χ4n) is 2.30. The third-order valence-corrected chi connectivity index (χ3v) is 5.52. The topological polar surface area (TPSA) is 73.4 Å². The van der Waals surface area contributed by atoms with Gasteiger partial charge < -0.3 is 14.5 Å². The molecule has 8 nitrogen and oxygen atoms in total. The number of ether oxygens (including phenoxy) is 1. The van der Waals surface area contributed by atoms with Crippen molar-refractivity contribution in [1.82, 2.24) is 18.4 Å². The number of hydrogen-bond acceptors (Lipinski definition) is 4. The third kappa shape index (κ3) is 3.22. The highest BCUT2D eigenvalue weighted by Gasteiger charge is 2.32. The molecule has 2 amide bonds. The molecular weight excluding hydrogens is 284 g/mol. The van der Waals surface area contributed by atoms with Crippen molar-refractivity contribution < 1.29 is 17.9 Å². The first-order valence-electron chi connectivity index (χ1n) is 6.72. The smallest absolute Gasteiger partial charge is 0.320 e. The Labute approximate surface area is 120 Å². The predicted molar refractivity (Wildman–Crippen MR) is 73.5 cm³/mol. The van der Waals surface area contributed by atoms with Gasteiger partial charge >= 0.3 is 6.03 Å². The maximum Gasteiger partial charge on any atom is 0.320 e. The van der Waals surface area contributed by atoms with Crippen molar-refractivity contribution in [3.63, 3.8) is 0 Å². The number of carbonyl (C=O) groups is 1. The Balaban J connectivity index is 1.89. The number of rotatable bonds is 2. The number of nitrogens with zero attached hydrogens (tertiary/aromatic N) is 4. The van der Waals surface area contributed by atoms with Crippen LogP contribution in [0.15, 0.2) is 0 Å². The van der Waals surface area contributed by atoms with E-state index in [0.29, 0.717) is 52.5 Å². The number of piperazine rings is 1. The second-order valence-corrected chi connectivity index (χ2v) is 7.20. The minimum Gasteiger partial charge on any atom is -0.378 e. The van der Waals surface area contributed by atoms with E-state index in [9.17, 15) is 13.2 Å². The fourth-order valence-corrected chi connectivity index (χ4v) is 3.38. The Morgan fingerprint density at radius 2 is 1.45 bits per heavy atom. The Morgan fingerprint density at radius 3 is 1.95 bits per heavy atom. The minimum absolute atomic E-state index is 0.0183. The molecule has 0 saturated carbocycles. The molecule has 2 heterocycles. The van der Waals surface area contributed by atoms with Crippen molar-refractivity contribution in [2.75, 3.05) is 66.6 Å². The number of hydrogen-bond donors (Lipinski definition) is 0. The molecule has 0 aromatic rings. The maximum absolute atomic E-state index is 12.3. The molecule has 0 atom stereocenters. The van der Waals surface area contributed by atoms with E-state index in [4.69, 9.17) is 4.74 Å². The van der Waals surface area contributed by atoms with Crippen LogP contribution < -0.4 is 0 Å². The molecule has 0 aromatic heterocycles. The number of carbonyl (C=O) groups excluding carboxylic acids is 1. The second-order valence-electron chi connectivity index (χ2n) is 5.06. The van der Waals surface area contributed by atoms with Gasteiger partial charge in [0, 0.05) is 53.4 Å². The van der Waals surface area contributed by atoms with Crippen LogP contribution in [0.3, 0.4) is 0 Å². The molecule has 0 aromatic carbocycles. The van der Waals surface area contributed by atoms with Crippen LogP contribution in [0, 0.1) is 0 Å². The third-order valence-electron chi connectivity index (χ3n) is 3.58. The first-order valence-corrected chi connectivity index (χ1v) is 8.12. The summed E-state index contributed by atoms with van der Waals surface area (Å²) in [5.74, 6) is 0. The molecule has 0 spiro atoms. The average molecular weight is 306 g/mol. The van der Waals surface area contributed by atoms with E-state index in [2.05, 4.69) is 0 Å². The predicted octanol–water partition coefficient (Wildman–Crippen LogP) is -1.14. The lowest BCUT2D eigenvalue weighted by molar-refractivity contribution is 0.0404. The van der Waals surface area contributed by atoms with E-state index >= 15 is 0 Å². The zero-order chi connectivity index (χ0) is 14.8. The molecule has 2 aliphatic rings. The second kappa shape index (κ2) is 6.25. The number of morpholine rings is 1. The first-order chi connectivity index (χ1) is 9.43. The lowest BCUT2D eigenvalue weighted by atomic mass is 10.3.